The maximum Gasteiger partial charge on any atom is 0.337 e. The molecule has 2 aromatic rings. The highest BCUT2D eigenvalue weighted by Gasteiger charge is 2.26. The van der Waals surface area contributed by atoms with Crippen LogP contribution in [0.1, 0.15) is 46.7 Å². The molecule has 0 atom stereocenters. The summed E-state index contributed by atoms with van der Waals surface area (Å²) < 4.78 is 5.13. The third-order valence-corrected chi connectivity index (χ3v) is 4.00. The number of aromatic nitrogens is 1. The zero-order valence-electron chi connectivity index (χ0n) is 12.1. The first-order valence-corrected chi connectivity index (χ1v) is 7.34. The Hall–Kier alpha value is -1.94. The van der Waals surface area contributed by atoms with Crippen LogP contribution in [0, 0.1) is 0 Å². The second kappa shape index (κ2) is 5.82. The number of rotatable bonds is 6. The molecule has 1 aliphatic carbocycles. The van der Waals surface area contributed by atoms with Gasteiger partial charge in [0.15, 0.2) is 0 Å². The number of aromatic carboxylic acids is 1. The number of carbonyl (C=O) groups is 1. The lowest BCUT2D eigenvalue weighted by Crippen LogP contribution is -2.00. The molecular formula is C17H19NO3. The van der Waals surface area contributed by atoms with Gasteiger partial charge in [0.2, 0.25) is 0 Å². The van der Waals surface area contributed by atoms with E-state index in [1.807, 2.05) is 0 Å². The quantitative estimate of drug-likeness (QED) is 0.826. The van der Waals surface area contributed by atoms with Crippen molar-refractivity contribution in [1.29, 1.82) is 0 Å². The smallest absolute Gasteiger partial charge is 0.337 e. The highest BCUT2D eigenvalue weighted by Crippen LogP contribution is 2.43. The molecule has 0 saturated heterocycles. The minimum Gasteiger partial charge on any atom is -0.478 e. The summed E-state index contributed by atoms with van der Waals surface area (Å²) in [4.78, 5) is 15.4. The summed E-state index contributed by atoms with van der Waals surface area (Å²) in [6, 6.07) is 5.97. The number of carboxylic acid groups (broad SMARTS) is 1. The zero-order valence-corrected chi connectivity index (χ0v) is 12.1. The largest absolute Gasteiger partial charge is 0.478 e. The molecule has 0 spiro atoms. The van der Waals surface area contributed by atoms with E-state index in [2.05, 4.69) is 17.1 Å². The van der Waals surface area contributed by atoms with Crippen molar-refractivity contribution in [2.75, 3.05) is 13.7 Å². The van der Waals surface area contributed by atoms with E-state index in [4.69, 9.17) is 9.84 Å². The summed E-state index contributed by atoms with van der Waals surface area (Å²) >= 11 is 0. The van der Waals surface area contributed by atoms with Crippen molar-refractivity contribution >= 4 is 16.9 Å². The van der Waals surface area contributed by atoms with Gasteiger partial charge in [-0.25, -0.2) is 4.79 Å². The summed E-state index contributed by atoms with van der Waals surface area (Å²) in [5, 5.41) is 10.0. The highest BCUT2D eigenvalue weighted by atomic mass is 16.5. The van der Waals surface area contributed by atoms with Gasteiger partial charge >= 0.3 is 5.97 Å². The predicted molar refractivity (Wildman–Crippen MR) is 80.9 cm³/mol. The van der Waals surface area contributed by atoms with Crippen LogP contribution >= 0.6 is 0 Å². The maximum atomic E-state index is 11.1. The maximum absolute atomic E-state index is 11.1. The molecule has 1 N–H and O–H groups in total. The van der Waals surface area contributed by atoms with Crippen LogP contribution in [0.15, 0.2) is 24.4 Å². The number of ether oxygens (including phenoxy) is 1. The van der Waals surface area contributed by atoms with Gasteiger partial charge in [-0.1, -0.05) is 0 Å². The van der Waals surface area contributed by atoms with Crippen LogP contribution in [-0.2, 0) is 11.2 Å². The number of pyridine rings is 1. The third kappa shape index (κ3) is 3.05. The fourth-order valence-corrected chi connectivity index (χ4v) is 2.75. The minimum absolute atomic E-state index is 0.247. The first kappa shape index (κ1) is 14.0. The molecule has 110 valence electrons. The van der Waals surface area contributed by atoms with Crippen LogP contribution in [0.3, 0.4) is 0 Å². The Bertz CT molecular complexity index is 677. The molecular weight excluding hydrogens is 266 g/mol. The number of aryl methyl sites for hydroxylation is 1. The Kier molecular flexibility index (Phi) is 3.88. The number of hydrogen-bond acceptors (Lipinski definition) is 3. The average Bonchev–Trinajstić information content (AvgIpc) is 3.30. The van der Waals surface area contributed by atoms with Crippen LogP contribution in [-0.4, -0.2) is 29.8 Å². The van der Waals surface area contributed by atoms with Crippen LogP contribution < -0.4 is 0 Å². The van der Waals surface area contributed by atoms with E-state index in [1.165, 1.54) is 30.2 Å². The van der Waals surface area contributed by atoms with Crippen LogP contribution in [0.2, 0.25) is 0 Å². The second-order valence-corrected chi connectivity index (χ2v) is 5.64. The molecule has 0 radical (unpaired) electrons. The van der Waals surface area contributed by atoms with Gasteiger partial charge in [0, 0.05) is 25.3 Å². The topological polar surface area (TPSA) is 59.4 Å². The molecule has 4 nitrogen and oxygen atoms in total. The molecule has 0 amide bonds. The second-order valence-electron chi connectivity index (χ2n) is 5.64. The number of hydrogen-bond donors (Lipinski definition) is 1. The molecule has 1 aliphatic rings. The van der Waals surface area contributed by atoms with Gasteiger partial charge in [0.05, 0.1) is 11.1 Å². The van der Waals surface area contributed by atoms with Gasteiger partial charge in [0.25, 0.3) is 0 Å². The van der Waals surface area contributed by atoms with Gasteiger partial charge in [-0.2, -0.15) is 0 Å². The molecule has 1 fully saturated rings. The fraction of sp³-hybridized carbons (Fsp3) is 0.412. The number of carboxylic acids is 1. The number of nitrogens with zero attached hydrogens (tertiary/aromatic N) is 1. The molecule has 0 bridgehead atoms. The van der Waals surface area contributed by atoms with E-state index in [9.17, 15) is 4.79 Å². The van der Waals surface area contributed by atoms with Crippen molar-refractivity contribution in [3.8, 4) is 0 Å². The predicted octanol–water partition coefficient (Wildman–Crippen LogP) is 3.39. The van der Waals surface area contributed by atoms with Gasteiger partial charge in [-0.05, 0) is 60.9 Å². The molecule has 4 heteroatoms. The molecule has 1 heterocycles. The lowest BCUT2D eigenvalue weighted by Gasteiger charge is -2.11. The van der Waals surface area contributed by atoms with Crippen LogP contribution in [0.4, 0.5) is 0 Å². The summed E-state index contributed by atoms with van der Waals surface area (Å²) in [6.07, 6.45) is 5.87. The number of methoxy groups -OCH3 is 1. The Labute approximate surface area is 123 Å². The Morgan fingerprint density at radius 2 is 2.19 bits per heavy atom. The molecule has 3 rings (SSSR count). The standard InChI is InChI=1S/C17H19NO3/c1-21-6-2-3-12-9-16-13(8-15(12)11-4-5-11)7-14(10-18-16)17(19)20/h7-11H,2-6H2,1H3,(H,19,20). The molecule has 21 heavy (non-hydrogen) atoms. The normalized spacial score (nSPS) is 14.5. The molecule has 1 aromatic carbocycles. The van der Waals surface area contributed by atoms with Gasteiger partial charge in [-0.15, -0.1) is 0 Å². The van der Waals surface area contributed by atoms with Gasteiger partial charge in [0.1, 0.15) is 0 Å². The minimum atomic E-state index is -0.929. The average molecular weight is 285 g/mol. The van der Waals surface area contributed by atoms with E-state index >= 15 is 0 Å². The molecule has 0 aliphatic heterocycles. The number of benzene rings is 1. The van der Waals surface area contributed by atoms with Crippen molar-refractivity contribution in [2.45, 2.75) is 31.6 Å². The summed E-state index contributed by atoms with van der Waals surface area (Å²) in [6.45, 7) is 0.757. The molecule has 0 unspecified atom stereocenters. The van der Waals surface area contributed by atoms with E-state index in [-0.39, 0.29) is 5.56 Å². The van der Waals surface area contributed by atoms with Crippen molar-refractivity contribution in [1.82, 2.24) is 4.98 Å². The third-order valence-electron chi connectivity index (χ3n) is 4.00. The Morgan fingerprint density at radius 1 is 1.38 bits per heavy atom. The number of fused-ring (bicyclic) bond motifs is 1. The van der Waals surface area contributed by atoms with E-state index < -0.39 is 5.97 Å². The lowest BCUT2D eigenvalue weighted by atomic mass is 9.96. The molecule has 1 aromatic heterocycles. The fourth-order valence-electron chi connectivity index (χ4n) is 2.75. The van der Waals surface area contributed by atoms with E-state index in [1.54, 1.807) is 13.2 Å². The zero-order chi connectivity index (χ0) is 14.8. The summed E-state index contributed by atoms with van der Waals surface area (Å²) in [5.74, 6) is -0.290. The summed E-state index contributed by atoms with van der Waals surface area (Å²) in [7, 11) is 1.72. The Balaban J connectivity index is 2.00. The lowest BCUT2D eigenvalue weighted by molar-refractivity contribution is 0.0696. The molecule has 1 saturated carbocycles. The monoisotopic (exact) mass is 285 g/mol. The van der Waals surface area contributed by atoms with Gasteiger partial charge < -0.3 is 9.84 Å². The van der Waals surface area contributed by atoms with E-state index in [0.29, 0.717) is 5.92 Å². The SMILES string of the molecule is COCCCc1cc2ncc(C(=O)O)cc2cc1C1CC1. The van der Waals surface area contributed by atoms with Crippen molar-refractivity contribution in [3.05, 3.63) is 41.1 Å². The van der Waals surface area contributed by atoms with Crippen molar-refractivity contribution < 1.29 is 14.6 Å². The summed E-state index contributed by atoms with van der Waals surface area (Å²) in [5.41, 5.74) is 3.81. The Morgan fingerprint density at radius 3 is 2.86 bits per heavy atom. The first-order valence-electron chi connectivity index (χ1n) is 7.34. The van der Waals surface area contributed by atoms with E-state index in [0.717, 1.165) is 30.4 Å². The highest BCUT2D eigenvalue weighted by molar-refractivity contribution is 5.92. The van der Waals surface area contributed by atoms with Crippen LogP contribution in [0.5, 0.6) is 0 Å². The van der Waals surface area contributed by atoms with Gasteiger partial charge in [-0.3, -0.25) is 4.98 Å². The first-order chi connectivity index (χ1) is 10.2. The van der Waals surface area contributed by atoms with Crippen molar-refractivity contribution in [2.24, 2.45) is 0 Å². The van der Waals surface area contributed by atoms with Crippen LogP contribution in [0.25, 0.3) is 10.9 Å². The van der Waals surface area contributed by atoms with Crippen molar-refractivity contribution in [3.63, 3.8) is 0 Å².